The number of nitrogens with one attached hydrogen (secondary N) is 1. The molecule has 1 heterocycles. The number of benzene rings is 2. The summed E-state index contributed by atoms with van der Waals surface area (Å²) in [4.78, 5) is 28.2. The molecule has 0 spiro atoms. The number of amides is 2. The fourth-order valence-electron chi connectivity index (χ4n) is 3.11. The van der Waals surface area contributed by atoms with Crippen molar-refractivity contribution in [3.8, 4) is 11.5 Å². The van der Waals surface area contributed by atoms with Gasteiger partial charge in [-0.1, -0.05) is 17.7 Å². The molecule has 2 amide bonds. The first-order valence-electron chi connectivity index (χ1n) is 10.1. The van der Waals surface area contributed by atoms with Crippen molar-refractivity contribution >= 4 is 23.2 Å². The summed E-state index contributed by atoms with van der Waals surface area (Å²) in [5, 5.41) is 2.89. The fourth-order valence-corrected chi connectivity index (χ4v) is 3.11. The quantitative estimate of drug-likeness (QED) is 0.642. The van der Waals surface area contributed by atoms with E-state index in [1.54, 1.807) is 17.0 Å². The second-order valence-electron chi connectivity index (χ2n) is 7.63. The number of aryl methyl sites for hydroxylation is 1. The van der Waals surface area contributed by atoms with Crippen LogP contribution in [0.2, 0.25) is 0 Å². The molecular weight excluding hydrogens is 382 g/mol. The van der Waals surface area contributed by atoms with Crippen molar-refractivity contribution in [1.29, 1.82) is 0 Å². The van der Waals surface area contributed by atoms with E-state index in [1.807, 2.05) is 56.3 Å². The summed E-state index contributed by atoms with van der Waals surface area (Å²) < 4.78 is 11.2. The van der Waals surface area contributed by atoms with E-state index in [0.29, 0.717) is 37.4 Å². The molecule has 0 aromatic heterocycles. The Morgan fingerprint density at radius 3 is 2.70 bits per heavy atom. The van der Waals surface area contributed by atoms with Gasteiger partial charge in [0.25, 0.3) is 5.91 Å². The minimum Gasteiger partial charge on any atom is -0.494 e. The average Bonchev–Trinajstić information content (AvgIpc) is 2.71. The van der Waals surface area contributed by atoms with Crippen LogP contribution in [0.15, 0.2) is 42.5 Å². The van der Waals surface area contributed by atoms with E-state index in [2.05, 4.69) is 5.32 Å². The van der Waals surface area contributed by atoms with Gasteiger partial charge in [0.1, 0.15) is 11.5 Å². The highest BCUT2D eigenvalue weighted by Crippen LogP contribution is 2.34. The maximum Gasteiger partial charge on any atom is 0.265 e. The van der Waals surface area contributed by atoms with Crippen molar-refractivity contribution in [3.05, 3.63) is 48.0 Å². The largest absolute Gasteiger partial charge is 0.494 e. The lowest BCUT2D eigenvalue weighted by Crippen LogP contribution is -2.42. The van der Waals surface area contributed by atoms with E-state index in [0.717, 1.165) is 18.0 Å². The van der Waals surface area contributed by atoms with Crippen LogP contribution < -0.4 is 19.7 Å². The molecule has 0 fully saturated rings. The summed E-state index contributed by atoms with van der Waals surface area (Å²) in [6, 6.07) is 13.2. The first-order chi connectivity index (χ1) is 14.4. The number of carbonyl (C=O) groups excluding carboxylic acids is 2. The highest BCUT2D eigenvalue weighted by atomic mass is 16.5. The zero-order valence-corrected chi connectivity index (χ0v) is 17.8. The molecule has 0 unspecified atom stereocenters. The second-order valence-corrected chi connectivity index (χ2v) is 7.63. The summed E-state index contributed by atoms with van der Waals surface area (Å²) in [5.74, 6) is 1.27. The van der Waals surface area contributed by atoms with Crippen LogP contribution in [0.5, 0.6) is 11.5 Å². The molecule has 0 bridgehead atoms. The van der Waals surface area contributed by atoms with Crippen LogP contribution in [-0.2, 0) is 9.59 Å². The number of ether oxygens (including phenoxy) is 2. The summed E-state index contributed by atoms with van der Waals surface area (Å²) in [7, 11) is 3.94. The minimum atomic E-state index is -0.0844. The number of carbonyl (C=O) groups is 2. The molecule has 0 saturated heterocycles. The molecule has 0 saturated carbocycles. The molecule has 1 N–H and O–H groups in total. The number of anilines is 2. The van der Waals surface area contributed by atoms with Crippen molar-refractivity contribution in [3.63, 3.8) is 0 Å². The number of hydrogen-bond donors (Lipinski definition) is 1. The minimum absolute atomic E-state index is 0.00811. The molecule has 1 aliphatic rings. The molecule has 0 aliphatic carbocycles. The molecule has 2 aromatic carbocycles. The predicted molar refractivity (Wildman–Crippen MR) is 117 cm³/mol. The lowest BCUT2D eigenvalue weighted by molar-refractivity contribution is -0.121. The number of rotatable bonds is 9. The Bertz CT molecular complexity index is 881. The van der Waals surface area contributed by atoms with Crippen LogP contribution in [0.25, 0.3) is 0 Å². The highest BCUT2D eigenvalue weighted by molar-refractivity contribution is 5.99. The first-order valence-corrected chi connectivity index (χ1v) is 10.1. The van der Waals surface area contributed by atoms with Crippen molar-refractivity contribution in [2.45, 2.75) is 19.8 Å². The van der Waals surface area contributed by atoms with E-state index in [-0.39, 0.29) is 18.4 Å². The summed E-state index contributed by atoms with van der Waals surface area (Å²) in [6.45, 7) is 3.86. The SMILES string of the molecule is Cc1ccc(OCCCC(=O)Nc2ccc3c(c2)OCC(=O)N3CCN(C)C)cc1. The fraction of sp³-hybridized carbons (Fsp3) is 0.391. The van der Waals surface area contributed by atoms with Crippen LogP contribution in [-0.4, -0.2) is 57.1 Å². The normalized spacial score (nSPS) is 13.1. The zero-order valence-electron chi connectivity index (χ0n) is 17.8. The smallest absolute Gasteiger partial charge is 0.265 e. The maximum atomic E-state index is 12.3. The van der Waals surface area contributed by atoms with Gasteiger partial charge in [0.05, 0.1) is 12.3 Å². The van der Waals surface area contributed by atoms with Crippen molar-refractivity contribution < 1.29 is 19.1 Å². The van der Waals surface area contributed by atoms with Gasteiger partial charge in [0.15, 0.2) is 6.61 Å². The summed E-state index contributed by atoms with van der Waals surface area (Å²) in [6.07, 6.45) is 0.977. The van der Waals surface area contributed by atoms with Gasteiger partial charge < -0.3 is 24.6 Å². The van der Waals surface area contributed by atoms with Crippen LogP contribution in [0.1, 0.15) is 18.4 Å². The highest BCUT2D eigenvalue weighted by Gasteiger charge is 2.25. The Balaban J connectivity index is 1.50. The van der Waals surface area contributed by atoms with E-state index in [1.165, 1.54) is 5.56 Å². The lowest BCUT2D eigenvalue weighted by Gasteiger charge is -2.30. The Morgan fingerprint density at radius 2 is 1.97 bits per heavy atom. The third kappa shape index (κ3) is 5.97. The van der Waals surface area contributed by atoms with Crippen molar-refractivity contribution in [2.24, 2.45) is 0 Å². The van der Waals surface area contributed by atoms with Gasteiger partial charge in [-0.3, -0.25) is 9.59 Å². The number of fused-ring (bicyclic) bond motifs is 1. The summed E-state index contributed by atoms with van der Waals surface area (Å²) >= 11 is 0. The molecule has 30 heavy (non-hydrogen) atoms. The monoisotopic (exact) mass is 411 g/mol. The Kier molecular flexibility index (Phi) is 7.30. The Hall–Kier alpha value is -3.06. The van der Waals surface area contributed by atoms with Gasteiger partial charge in [0, 0.05) is 31.3 Å². The Morgan fingerprint density at radius 1 is 1.20 bits per heavy atom. The number of hydrogen-bond acceptors (Lipinski definition) is 5. The molecule has 0 atom stereocenters. The molecule has 160 valence electrons. The molecule has 3 rings (SSSR count). The third-order valence-corrected chi connectivity index (χ3v) is 4.80. The average molecular weight is 412 g/mol. The van der Waals surface area contributed by atoms with Crippen LogP contribution in [0.4, 0.5) is 11.4 Å². The van der Waals surface area contributed by atoms with E-state index in [4.69, 9.17) is 9.47 Å². The second kappa shape index (κ2) is 10.1. The van der Waals surface area contributed by atoms with Gasteiger partial charge in [-0.15, -0.1) is 0 Å². The number of nitrogens with zero attached hydrogens (tertiary/aromatic N) is 2. The van der Waals surface area contributed by atoms with Gasteiger partial charge in [-0.2, -0.15) is 0 Å². The molecule has 0 radical (unpaired) electrons. The first kappa shape index (κ1) is 21.6. The third-order valence-electron chi connectivity index (χ3n) is 4.80. The Labute approximate surface area is 177 Å². The van der Waals surface area contributed by atoms with Crippen molar-refractivity contribution in [2.75, 3.05) is 50.6 Å². The van der Waals surface area contributed by atoms with Crippen LogP contribution >= 0.6 is 0 Å². The van der Waals surface area contributed by atoms with Gasteiger partial charge in [-0.05, 0) is 51.7 Å². The standard InChI is InChI=1S/C23H29N3O4/c1-17-6-9-19(10-7-17)29-14-4-5-22(27)24-18-8-11-20-21(15-18)30-16-23(28)26(20)13-12-25(2)3/h6-11,15H,4-5,12-14,16H2,1-3H3,(H,24,27). The van der Waals surface area contributed by atoms with Crippen LogP contribution in [0, 0.1) is 6.92 Å². The molecule has 7 nitrogen and oxygen atoms in total. The molecule has 7 heteroatoms. The number of likely N-dealkylation sites (N-methyl/N-ethyl adjacent to an activating group) is 1. The van der Waals surface area contributed by atoms with Crippen molar-refractivity contribution in [1.82, 2.24) is 4.90 Å². The van der Waals surface area contributed by atoms with E-state index < -0.39 is 0 Å². The molecular formula is C23H29N3O4. The summed E-state index contributed by atoms with van der Waals surface area (Å²) in [5.41, 5.74) is 2.57. The van der Waals surface area contributed by atoms with Gasteiger partial charge >= 0.3 is 0 Å². The molecule has 2 aromatic rings. The zero-order chi connectivity index (χ0) is 21.5. The van der Waals surface area contributed by atoms with E-state index in [9.17, 15) is 9.59 Å². The topological polar surface area (TPSA) is 71.1 Å². The molecule has 1 aliphatic heterocycles. The van der Waals surface area contributed by atoms with Gasteiger partial charge in [-0.25, -0.2) is 0 Å². The van der Waals surface area contributed by atoms with Gasteiger partial charge in [0.2, 0.25) is 5.91 Å². The lowest BCUT2D eigenvalue weighted by atomic mass is 10.2. The van der Waals surface area contributed by atoms with E-state index >= 15 is 0 Å². The predicted octanol–water partition coefficient (Wildman–Crippen LogP) is 3.08. The van der Waals surface area contributed by atoms with Crippen LogP contribution in [0.3, 0.4) is 0 Å². The maximum absolute atomic E-state index is 12.3.